The number of hydrogen-bond donors (Lipinski definition) is 1. The lowest BCUT2D eigenvalue weighted by atomic mass is 9.93. The highest BCUT2D eigenvalue weighted by molar-refractivity contribution is 7.14. The van der Waals surface area contributed by atoms with Crippen LogP contribution in [0.2, 0.25) is 0 Å². The van der Waals surface area contributed by atoms with Crippen molar-refractivity contribution in [2.24, 2.45) is 5.92 Å². The number of urea groups is 1. The third kappa shape index (κ3) is 3.91. The standard InChI is InChI=1S/C18H27N3O2S/c1-2-15-8-3-4-11-21(15)17(22)14-7-5-10-20(13-14)18(23)19-16-9-6-12-24-16/h6,9,12,14-15H,2-5,7-8,10-11,13H2,1H3,(H,19,23). The monoisotopic (exact) mass is 349 g/mol. The molecule has 0 spiro atoms. The summed E-state index contributed by atoms with van der Waals surface area (Å²) in [6.07, 6.45) is 6.28. The maximum Gasteiger partial charge on any atom is 0.322 e. The minimum absolute atomic E-state index is 0.0417. The van der Waals surface area contributed by atoms with Crippen LogP contribution in [0.5, 0.6) is 0 Å². The smallest absolute Gasteiger partial charge is 0.322 e. The molecule has 0 bridgehead atoms. The lowest BCUT2D eigenvalue weighted by Crippen LogP contribution is -2.51. The van der Waals surface area contributed by atoms with E-state index in [0.717, 1.165) is 50.2 Å². The van der Waals surface area contributed by atoms with E-state index in [9.17, 15) is 9.59 Å². The van der Waals surface area contributed by atoms with Gasteiger partial charge in [-0.15, -0.1) is 11.3 Å². The predicted molar refractivity (Wildman–Crippen MR) is 97.3 cm³/mol. The molecule has 0 saturated carbocycles. The molecule has 3 heterocycles. The molecule has 2 unspecified atom stereocenters. The van der Waals surface area contributed by atoms with Gasteiger partial charge in [0, 0.05) is 25.7 Å². The van der Waals surface area contributed by atoms with Gasteiger partial charge in [-0.3, -0.25) is 10.1 Å². The zero-order chi connectivity index (χ0) is 16.9. The molecule has 2 saturated heterocycles. The highest BCUT2D eigenvalue weighted by atomic mass is 32.1. The van der Waals surface area contributed by atoms with Gasteiger partial charge in [-0.1, -0.05) is 6.92 Å². The molecule has 1 aromatic heterocycles. The van der Waals surface area contributed by atoms with Gasteiger partial charge in [0.25, 0.3) is 0 Å². The van der Waals surface area contributed by atoms with Crippen molar-refractivity contribution >= 4 is 28.3 Å². The highest BCUT2D eigenvalue weighted by Gasteiger charge is 2.34. The van der Waals surface area contributed by atoms with E-state index >= 15 is 0 Å². The zero-order valence-electron chi connectivity index (χ0n) is 14.4. The van der Waals surface area contributed by atoms with E-state index in [1.165, 1.54) is 17.8 Å². The van der Waals surface area contributed by atoms with Gasteiger partial charge in [0.05, 0.1) is 10.9 Å². The van der Waals surface area contributed by atoms with Crippen LogP contribution in [0, 0.1) is 5.92 Å². The number of carbonyl (C=O) groups is 2. The summed E-state index contributed by atoms with van der Waals surface area (Å²) in [6.45, 7) is 4.33. The number of carbonyl (C=O) groups excluding carboxylic acids is 2. The first-order valence-electron chi connectivity index (χ1n) is 9.09. The maximum absolute atomic E-state index is 13.0. The van der Waals surface area contributed by atoms with Crippen LogP contribution in [0.4, 0.5) is 9.80 Å². The molecule has 2 aliphatic rings. The zero-order valence-corrected chi connectivity index (χ0v) is 15.2. The molecular weight excluding hydrogens is 322 g/mol. The minimum atomic E-state index is -0.0827. The molecule has 24 heavy (non-hydrogen) atoms. The number of nitrogens with zero attached hydrogens (tertiary/aromatic N) is 2. The highest BCUT2D eigenvalue weighted by Crippen LogP contribution is 2.26. The Labute approximate surface area is 148 Å². The van der Waals surface area contributed by atoms with Crippen molar-refractivity contribution in [3.05, 3.63) is 17.5 Å². The summed E-state index contributed by atoms with van der Waals surface area (Å²) in [5, 5.41) is 5.73. The Hall–Kier alpha value is -1.56. The van der Waals surface area contributed by atoms with Crippen molar-refractivity contribution < 1.29 is 9.59 Å². The van der Waals surface area contributed by atoms with Crippen molar-refractivity contribution in [1.29, 1.82) is 0 Å². The second-order valence-corrected chi connectivity index (χ2v) is 7.73. The van der Waals surface area contributed by atoms with Gasteiger partial charge >= 0.3 is 6.03 Å². The quantitative estimate of drug-likeness (QED) is 0.903. The second kappa shape index (κ2) is 8.01. The third-order valence-electron chi connectivity index (χ3n) is 5.19. The van der Waals surface area contributed by atoms with Gasteiger partial charge in [0.2, 0.25) is 5.91 Å². The largest absolute Gasteiger partial charge is 0.339 e. The molecule has 132 valence electrons. The Morgan fingerprint density at radius 1 is 1.25 bits per heavy atom. The summed E-state index contributed by atoms with van der Waals surface area (Å²) in [5.74, 6) is 0.218. The maximum atomic E-state index is 13.0. The topological polar surface area (TPSA) is 52.7 Å². The van der Waals surface area contributed by atoms with Crippen molar-refractivity contribution in [2.75, 3.05) is 25.0 Å². The molecule has 0 aromatic carbocycles. The average Bonchev–Trinajstić information content (AvgIpc) is 3.14. The van der Waals surface area contributed by atoms with Crippen LogP contribution >= 0.6 is 11.3 Å². The number of anilines is 1. The Bertz CT molecular complexity index is 561. The van der Waals surface area contributed by atoms with E-state index in [4.69, 9.17) is 0 Å². The van der Waals surface area contributed by atoms with E-state index in [-0.39, 0.29) is 17.9 Å². The fraction of sp³-hybridized carbons (Fsp3) is 0.667. The van der Waals surface area contributed by atoms with Gasteiger partial charge in [-0.25, -0.2) is 4.79 Å². The summed E-state index contributed by atoms with van der Waals surface area (Å²) in [4.78, 5) is 29.3. The van der Waals surface area contributed by atoms with Crippen molar-refractivity contribution in [1.82, 2.24) is 9.80 Å². The number of thiophene rings is 1. The Morgan fingerprint density at radius 2 is 2.12 bits per heavy atom. The van der Waals surface area contributed by atoms with Gasteiger partial charge in [-0.05, 0) is 56.0 Å². The molecule has 1 aromatic rings. The van der Waals surface area contributed by atoms with Crippen LogP contribution in [0.15, 0.2) is 17.5 Å². The number of amides is 3. The van der Waals surface area contributed by atoms with E-state index in [2.05, 4.69) is 17.1 Å². The fourth-order valence-electron chi connectivity index (χ4n) is 3.85. The number of rotatable bonds is 3. The molecule has 6 heteroatoms. The molecule has 3 rings (SSSR count). The number of nitrogens with one attached hydrogen (secondary N) is 1. The molecular formula is C18H27N3O2S. The average molecular weight is 350 g/mol. The predicted octanol–water partition coefficient (Wildman–Crippen LogP) is 3.78. The van der Waals surface area contributed by atoms with Crippen LogP contribution in [0.1, 0.15) is 45.4 Å². The van der Waals surface area contributed by atoms with E-state index < -0.39 is 0 Å². The molecule has 0 aliphatic carbocycles. The number of piperidine rings is 2. The van der Waals surface area contributed by atoms with Gasteiger partial charge in [0.1, 0.15) is 0 Å². The van der Waals surface area contributed by atoms with Crippen LogP contribution < -0.4 is 5.32 Å². The Kier molecular flexibility index (Phi) is 5.76. The lowest BCUT2D eigenvalue weighted by Gasteiger charge is -2.40. The van der Waals surface area contributed by atoms with Crippen LogP contribution in [-0.2, 0) is 4.79 Å². The summed E-state index contributed by atoms with van der Waals surface area (Å²) in [6, 6.07) is 4.13. The van der Waals surface area contributed by atoms with Gasteiger partial charge in [-0.2, -0.15) is 0 Å². The third-order valence-corrected chi connectivity index (χ3v) is 5.98. The molecule has 2 aliphatic heterocycles. The molecule has 0 radical (unpaired) electrons. The fourth-order valence-corrected chi connectivity index (χ4v) is 4.45. The van der Waals surface area contributed by atoms with E-state index in [0.29, 0.717) is 12.6 Å². The first-order chi connectivity index (χ1) is 11.7. The minimum Gasteiger partial charge on any atom is -0.339 e. The van der Waals surface area contributed by atoms with Gasteiger partial charge < -0.3 is 9.80 Å². The summed E-state index contributed by atoms with van der Waals surface area (Å²) in [5.41, 5.74) is 0. The van der Waals surface area contributed by atoms with Crippen LogP contribution in [0.25, 0.3) is 0 Å². The molecule has 2 fully saturated rings. The van der Waals surface area contributed by atoms with E-state index in [1.807, 2.05) is 17.5 Å². The number of hydrogen-bond acceptors (Lipinski definition) is 3. The molecule has 3 amide bonds. The van der Waals surface area contributed by atoms with Gasteiger partial charge in [0.15, 0.2) is 0 Å². The molecule has 2 atom stereocenters. The Morgan fingerprint density at radius 3 is 2.88 bits per heavy atom. The van der Waals surface area contributed by atoms with Crippen molar-refractivity contribution in [2.45, 2.75) is 51.5 Å². The molecule has 1 N–H and O–H groups in total. The van der Waals surface area contributed by atoms with Crippen LogP contribution in [0.3, 0.4) is 0 Å². The van der Waals surface area contributed by atoms with Crippen LogP contribution in [-0.4, -0.2) is 47.4 Å². The lowest BCUT2D eigenvalue weighted by molar-refractivity contribution is -0.140. The second-order valence-electron chi connectivity index (χ2n) is 6.78. The Balaban J connectivity index is 1.60. The summed E-state index contributed by atoms with van der Waals surface area (Å²) >= 11 is 1.51. The SMILES string of the molecule is CCC1CCCCN1C(=O)C1CCCN(C(=O)Nc2cccs2)C1. The van der Waals surface area contributed by atoms with E-state index in [1.54, 1.807) is 4.90 Å². The van der Waals surface area contributed by atoms with Crippen molar-refractivity contribution in [3.8, 4) is 0 Å². The summed E-state index contributed by atoms with van der Waals surface area (Å²) in [7, 11) is 0. The first kappa shape index (κ1) is 17.3. The normalized spacial score (nSPS) is 24.7. The summed E-state index contributed by atoms with van der Waals surface area (Å²) < 4.78 is 0. The first-order valence-corrected chi connectivity index (χ1v) is 9.97. The number of likely N-dealkylation sites (tertiary alicyclic amines) is 2. The van der Waals surface area contributed by atoms with Crippen molar-refractivity contribution in [3.63, 3.8) is 0 Å². The molecule has 5 nitrogen and oxygen atoms in total.